The molecule has 0 saturated heterocycles. The van der Waals surface area contributed by atoms with Crippen molar-refractivity contribution < 1.29 is 9.60 Å². The summed E-state index contributed by atoms with van der Waals surface area (Å²) in [6, 6.07) is 12.0. The first-order chi connectivity index (χ1) is 9.26. The first-order valence-corrected chi connectivity index (χ1v) is 6.42. The van der Waals surface area contributed by atoms with E-state index in [0.717, 1.165) is 26.4 Å². The van der Waals surface area contributed by atoms with Crippen molar-refractivity contribution in [3.05, 3.63) is 53.8 Å². The van der Waals surface area contributed by atoms with Crippen molar-refractivity contribution >= 4 is 27.8 Å². The molecule has 2 aromatic carbocycles. The Morgan fingerprint density at radius 1 is 1.21 bits per heavy atom. The van der Waals surface area contributed by atoms with Crippen molar-refractivity contribution in [3.63, 3.8) is 0 Å². The highest BCUT2D eigenvalue weighted by molar-refractivity contribution is 7.21. The lowest BCUT2D eigenvalue weighted by atomic mass is 10.1. The lowest BCUT2D eigenvalue weighted by molar-refractivity contribution is 0.322. The van der Waals surface area contributed by atoms with Gasteiger partial charge in [0.15, 0.2) is 0 Å². The Morgan fingerprint density at radius 2 is 2.11 bits per heavy atom. The SMILES string of the molecule is O/N=C/c1cccc(-c2nc3ccc(F)cc3s2)c1. The standard InChI is InChI=1S/C14H9FN2OS/c15-11-4-5-12-13(7-11)19-14(17-12)10-3-1-2-9(6-10)8-16-18/h1-8,18H/b16-8+. The van der Waals surface area contributed by atoms with E-state index in [0.29, 0.717) is 0 Å². The van der Waals surface area contributed by atoms with Crippen LogP contribution in [-0.4, -0.2) is 16.4 Å². The number of fused-ring (bicyclic) bond motifs is 1. The van der Waals surface area contributed by atoms with E-state index in [4.69, 9.17) is 5.21 Å². The fourth-order valence-electron chi connectivity index (χ4n) is 1.84. The fourth-order valence-corrected chi connectivity index (χ4v) is 2.83. The second-order valence-corrected chi connectivity index (χ2v) is 5.03. The number of thiazole rings is 1. The topological polar surface area (TPSA) is 45.5 Å². The highest BCUT2D eigenvalue weighted by Crippen LogP contribution is 2.30. The van der Waals surface area contributed by atoms with Gasteiger partial charge in [-0.3, -0.25) is 0 Å². The summed E-state index contributed by atoms with van der Waals surface area (Å²) < 4.78 is 14.0. The molecule has 3 aromatic rings. The van der Waals surface area contributed by atoms with Gasteiger partial charge in [0.1, 0.15) is 10.8 Å². The summed E-state index contributed by atoms with van der Waals surface area (Å²) in [5.74, 6) is -0.260. The number of nitrogens with zero attached hydrogens (tertiary/aromatic N) is 2. The van der Waals surface area contributed by atoms with Crippen molar-refractivity contribution in [1.82, 2.24) is 4.98 Å². The minimum absolute atomic E-state index is 0.260. The second-order valence-electron chi connectivity index (χ2n) is 4.00. The summed E-state index contributed by atoms with van der Waals surface area (Å²) in [5, 5.41) is 12.4. The Bertz CT molecular complexity index is 767. The van der Waals surface area contributed by atoms with Crippen molar-refractivity contribution in [2.24, 2.45) is 5.16 Å². The van der Waals surface area contributed by atoms with E-state index in [1.54, 1.807) is 6.07 Å². The predicted octanol–water partition coefficient (Wildman–Crippen LogP) is 3.91. The number of rotatable bonds is 2. The molecule has 0 spiro atoms. The van der Waals surface area contributed by atoms with E-state index in [2.05, 4.69) is 10.1 Å². The average Bonchev–Trinajstić information content (AvgIpc) is 2.82. The minimum Gasteiger partial charge on any atom is -0.411 e. The molecule has 19 heavy (non-hydrogen) atoms. The van der Waals surface area contributed by atoms with Gasteiger partial charge in [-0.15, -0.1) is 11.3 Å². The number of aromatic nitrogens is 1. The molecule has 1 aromatic heterocycles. The first-order valence-electron chi connectivity index (χ1n) is 5.60. The number of hydrogen-bond acceptors (Lipinski definition) is 4. The summed E-state index contributed by atoms with van der Waals surface area (Å²) in [6.07, 6.45) is 1.36. The smallest absolute Gasteiger partial charge is 0.124 e. The van der Waals surface area contributed by atoms with Gasteiger partial charge in [-0.2, -0.15) is 0 Å². The van der Waals surface area contributed by atoms with E-state index in [1.165, 1.54) is 29.7 Å². The van der Waals surface area contributed by atoms with E-state index < -0.39 is 0 Å². The highest BCUT2D eigenvalue weighted by atomic mass is 32.1. The zero-order valence-corrected chi connectivity index (χ0v) is 10.6. The van der Waals surface area contributed by atoms with Gasteiger partial charge in [-0.1, -0.05) is 23.4 Å². The third-order valence-corrected chi connectivity index (χ3v) is 3.76. The molecular formula is C14H9FN2OS. The molecule has 0 fully saturated rings. The predicted molar refractivity (Wildman–Crippen MR) is 74.4 cm³/mol. The van der Waals surface area contributed by atoms with Crippen LogP contribution in [0, 0.1) is 5.82 Å². The number of hydrogen-bond donors (Lipinski definition) is 1. The van der Waals surface area contributed by atoms with Gasteiger partial charge in [0.05, 0.1) is 16.4 Å². The molecule has 0 bridgehead atoms. The molecule has 0 saturated carbocycles. The molecule has 0 atom stereocenters. The minimum atomic E-state index is -0.260. The second kappa shape index (κ2) is 4.78. The largest absolute Gasteiger partial charge is 0.411 e. The molecule has 94 valence electrons. The first kappa shape index (κ1) is 11.8. The third kappa shape index (κ3) is 2.32. The van der Waals surface area contributed by atoms with Crippen LogP contribution in [0.15, 0.2) is 47.6 Å². The van der Waals surface area contributed by atoms with Crippen molar-refractivity contribution in [1.29, 1.82) is 0 Å². The number of benzene rings is 2. The van der Waals surface area contributed by atoms with Crippen LogP contribution in [-0.2, 0) is 0 Å². The molecule has 0 unspecified atom stereocenters. The Morgan fingerprint density at radius 3 is 2.95 bits per heavy atom. The van der Waals surface area contributed by atoms with Gasteiger partial charge < -0.3 is 5.21 Å². The van der Waals surface area contributed by atoms with Crippen LogP contribution in [0.25, 0.3) is 20.8 Å². The molecule has 3 nitrogen and oxygen atoms in total. The van der Waals surface area contributed by atoms with Gasteiger partial charge in [-0.05, 0) is 29.8 Å². The Balaban J connectivity index is 2.10. The lowest BCUT2D eigenvalue weighted by Crippen LogP contribution is -1.82. The van der Waals surface area contributed by atoms with E-state index in [-0.39, 0.29) is 5.82 Å². The molecule has 0 aliphatic rings. The molecule has 0 amide bonds. The van der Waals surface area contributed by atoms with Crippen LogP contribution >= 0.6 is 11.3 Å². The monoisotopic (exact) mass is 272 g/mol. The summed E-state index contributed by atoms with van der Waals surface area (Å²) in [5.41, 5.74) is 2.48. The van der Waals surface area contributed by atoms with Gasteiger partial charge in [0, 0.05) is 5.56 Å². The fraction of sp³-hybridized carbons (Fsp3) is 0. The summed E-state index contributed by atoms with van der Waals surface area (Å²) in [7, 11) is 0. The Hall–Kier alpha value is -2.27. The molecule has 0 aliphatic heterocycles. The van der Waals surface area contributed by atoms with Gasteiger partial charge in [0.25, 0.3) is 0 Å². The zero-order chi connectivity index (χ0) is 13.2. The van der Waals surface area contributed by atoms with E-state index >= 15 is 0 Å². The van der Waals surface area contributed by atoms with Crippen LogP contribution in [0.5, 0.6) is 0 Å². The normalized spacial score (nSPS) is 11.4. The molecule has 0 radical (unpaired) electrons. The Labute approximate surface area is 112 Å². The lowest BCUT2D eigenvalue weighted by Gasteiger charge is -1.97. The summed E-state index contributed by atoms with van der Waals surface area (Å²) in [4.78, 5) is 4.47. The van der Waals surface area contributed by atoms with Crippen molar-refractivity contribution in [2.45, 2.75) is 0 Å². The van der Waals surface area contributed by atoms with Crippen molar-refractivity contribution in [3.8, 4) is 10.6 Å². The van der Waals surface area contributed by atoms with E-state index in [9.17, 15) is 4.39 Å². The maximum Gasteiger partial charge on any atom is 0.124 e. The molecule has 0 aliphatic carbocycles. The molecule has 1 N–H and O–H groups in total. The molecular weight excluding hydrogens is 263 g/mol. The maximum absolute atomic E-state index is 13.1. The third-order valence-electron chi connectivity index (χ3n) is 2.69. The Kier molecular flexibility index (Phi) is 2.97. The average molecular weight is 272 g/mol. The number of oxime groups is 1. The summed E-state index contributed by atoms with van der Waals surface area (Å²) >= 11 is 1.43. The van der Waals surface area contributed by atoms with Gasteiger partial charge >= 0.3 is 0 Å². The van der Waals surface area contributed by atoms with Gasteiger partial charge in [0.2, 0.25) is 0 Å². The number of halogens is 1. The zero-order valence-electron chi connectivity index (χ0n) is 9.75. The quantitative estimate of drug-likeness (QED) is 0.436. The molecule has 3 rings (SSSR count). The van der Waals surface area contributed by atoms with Crippen LogP contribution in [0.3, 0.4) is 0 Å². The van der Waals surface area contributed by atoms with Crippen molar-refractivity contribution in [2.75, 3.05) is 0 Å². The van der Waals surface area contributed by atoms with E-state index in [1.807, 2.05) is 24.3 Å². The maximum atomic E-state index is 13.1. The summed E-state index contributed by atoms with van der Waals surface area (Å²) in [6.45, 7) is 0. The van der Waals surface area contributed by atoms with Crippen LogP contribution in [0.4, 0.5) is 4.39 Å². The molecule has 5 heteroatoms. The van der Waals surface area contributed by atoms with Crippen LogP contribution < -0.4 is 0 Å². The highest BCUT2D eigenvalue weighted by Gasteiger charge is 2.07. The van der Waals surface area contributed by atoms with Gasteiger partial charge in [-0.25, -0.2) is 9.37 Å². The van der Waals surface area contributed by atoms with Crippen LogP contribution in [0.1, 0.15) is 5.56 Å². The molecule has 1 heterocycles. The van der Waals surface area contributed by atoms with Crippen LogP contribution in [0.2, 0.25) is 0 Å².